The molecule has 1 N–H and O–H groups in total. The van der Waals surface area contributed by atoms with E-state index in [1.807, 2.05) is 0 Å². The van der Waals surface area contributed by atoms with Crippen LogP contribution in [0.25, 0.3) is 0 Å². The van der Waals surface area contributed by atoms with Gasteiger partial charge in [0.05, 0.1) is 0 Å². The maximum atomic E-state index is 9.99. The van der Waals surface area contributed by atoms with Crippen LogP contribution >= 0.6 is 15.9 Å². The highest BCUT2D eigenvalue weighted by atomic mass is 79.9. The van der Waals surface area contributed by atoms with Gasteiger partial charge in [-0.15, -0.1) is 0 Å². The lowest BCUT2D eigenvalue weighted by molar-refractivity contribution is -0.135. The molecule has 0 aliphatic rings. The molecule has 0 amide bonds. The predicted molar refractivity (Wildman–Crippen MR) is 35.2 cm³/mol. The molecule has 0 saturated carbocycles. The van der Waals surface area contributed by atoms with Gasteiger partial charge in [0.25, 0.3) is 0 Å². The number of hydrogen-bond acceptors (Lipinski definition) is 1. The molecule has 0 aromatic carbocycles. The van der Waals surface area contributed by atoms with Crippen LogP contribution in [0.3, 0.4) is 0 Å². The molecule has 0 aliphatic heterocycles. The number of aliphatic carboxylic acids is 1. The Bertz CT molecular complexity index is 109. The van der Waals surface area contributed by atoms with E-state index in [-0.39, 0.29) is 0 Å². The SMILES string of the molecule is C/C=C/C(Br)C(=O)O. The largest absolute Gasteiger partial charge is 0.480 e. The molecule has 3 heteroatoms. The van der Waals surface area contributed by atoms with Gasteiger partial charge >= 0.3 is 5.97 Å². The summed E-state index contributed by atoms with van der Waals surface area (Å²) < 4.78 is 0. The fraction of sp³-hybridized carbons (Fsp3) is 0.400. The van der Waals surface area contributed by atoms with Crippen LogP contribution in [0.4, 0.5) is 0 Å². The summed E-state index contributed by atoms with van der Waals surface area (Å²) in [5.74, 6) is -0.858. The number of hydrogen-bond donors (Lipinski definition) is 1. The van der Waals surface area contributed by atoms with Crippen molar-refractivity contribution in [2.45, 2.75) is 11.8 Å². The molecule has 0 radical (unpaired) electrons. The molecule has 0 aromatic rings. The van der Waals surface area contributed by atoms with E-state index in [0.29, 0.717) is 0 Å². The fourth-order valence-electron chi connectivity index (χ4n) is 0.251. The standard InChI is InChI=1S/C5H7BrO2/c1-2-3-4(6)5(7)8/h2-4H,1H3,(H,7,8)/b3-2+. The maximum absolute atomic E-state index is 9.99. The first-order valence-corrected chi connectivity index (χ1v) is 3.09. The quantitative estimate of drug-likeness (QED) is 0.513. The summed E-state index contributed by atoms with van der Waals surface area (Å²) in [4.78, 5) is 9.46. The zero-order valence-electron chi connectivity index (χ0n) is 4.47. The van der Waals surface area contributed by atoms with Crippen molar-refractivity contribution < 1.29 is 9.90 Å². The number of carboxylic acids is 1. The number of rotatable bonds is 2. The third-order valence-electron chi connectivity index (χ3n) is 0.597. The van der Waals surface area contributed by atoms with Gasteiger partial charge in [-0.3, -0.25) is 4.79 Å². The van der Waals surface area contributed by atoms with Gasteiger partial charge in [0, 0.05) is 0 Å². The summed E-state index contributed by atoms with van der Waals surface area (Å²) in [5.41, 5.74) is 0. The van der Waals surface area contributed by atoms with Crippen LogP contribution in [0.1, 0.15) is 6.92 Å². The molecule has 8 heavy (non-hydrogen) atoms. The highest BCUT2D eigenvalue weighted by Gasteiger charge is 2.05. The van der Waals surface area contributed by atoms with Crippen LogP contribution in [-0.2, 0) is 4.79 Å². The number of alkyl halides is 1. The Hall–Kier alpha value is -0.310. The Kier molecular flexibility index (Phi) is 3.52. The molecule has 46 valence electrons. The zero-order valence-corrected chi connectivity index (χ0v) is 6.05. The van der Waals surface area contributed by atoms with E-state index < -0.39 is 10.8 Å². The monoisotopic (exact) mass is 178 g/mol. The van der Waals surface area contributed by atoms with Gasteiger partial charge in [-0.05, 0) is 6.92 Å². The molecule has 0 fully saturated rings. The molecule has 0 rings (SSSR count). The highest BCUT2D eigenvalue weighted by molar-refractivity contribution is 9.10. The van der Waals surface area contributed by atoms with E-state index in [2.05, 4.69) is 15.9 Å². The molecular weight excluding hydrogens is 172 g/mol. The van der Waals surface area contributed by atoms with Crippen LogP contribution in [0.2, 0.25) is 0 Å². The second-order valence-electron chi connectivity index (χ2n) is 1.27. The van der Waals surface area contributed by atoms with Gasteiger partial charge in [0.1, 0.15) is 4.83 Å². The Labute approximate surface area is 56.3 Å². The summed E-state index contributed by atoms with van der Waals surface area (Å²) >= 11 is 2.92. The number of carbonyl (C=O) groups is 1. The average Bonchev–Trinajstić information content (AvgIpc) is 1.67. The van der Waals surface area contributed by atoms with Crippen molar-refractivity contribution in [3.8, 4) is 0 Å². The molecule has 1 unspecified atom stereocenters. The Balaban J connectivity index is 3.64. The summed E-state index contributed by atoms with van der Waals surface area (Å²) in [6, 6.07) is 0. The van der Waals surface area contributed by atoms with E-state index in [1.54, 1.807) is 19.1 Å². The van der Waals surface area contributed by atoms with Crippen LogP contribution in [0.15, 0.2) is 12.2 Å². The van der Waals surface area contributed by atoms with Gasteiger partial charge in [0.15, 0.2) is 0 Å². The Morgan fingerprint density at radius 2 is 2.38 bits per heavy atom. The highest BCUT2D eigenvalue weighted by Crippen LogP contribution is 1.99. The van der Waals surface area contributed by atoms with Gasteiger partial charge in [-0.25, -0.2) is 0 Å². The van der Waals surface area contributed by atoms with Gasteiger partial charge in [-0.2, -0.15) is 0 Å². The second-order valence-corrected chi connectivity index (χ2v) is 2.25. The smallest absolute Gasteiger partial charge is 0.321 e. The molecule has 1 atom stereocenters. The first-order chi connectivity index (χ1) is 3.68. The third kappa shape index (κ3) is 2.80. The van der Waals surface area contributed by atoms with Crippen molar-refractivity contribution in [1.82, 2.24) is 0 Å². The molecule has 0 heterocycles. The summed E-state index contributed by atoms with van der Waals surface area (Å²) in [6.07, 6.45) is 3.25. The van der Waals surface area contributed by atoms with Crippen LogP contribution in [0, 0.1) is 0 Å². The number of carboxylic acid groups (broad SMARTS) is 1. The molecular formula is C5H7BrO2. The number of allylic oxidation sites excluding steroid dienone is 1. The minimum Gasteiger partial charge on any atom is -0.480 e. The predicted octanol–water partition coefficient (Wildman–Crippen LogP) is 1.41. The first kappa shape index (κ1) is 7.69. The number of halogens is 1. The minimum absolute atomic E-state index is 0.535. The minimum atomic E-state index is -0.858. The first-order valence-electron chi connectivity index (χ1n) is 2.18. The van der Waals surface area contributed by atoms with E-state index in [1.165, 1.54) is 0 Å². The fourth-order valence-corrected chi connectivity index (χ4v) is 0.557. The molecule has 0 bridgehead atoms. The Morgan fingerprint density at radius 3 is 2.50 bits per heavy atom. The molecule has 0 aromatic heterocycles. The molecule has 0 saturated heterocycles. The summed E-state index contributed by atoms with van der Waals surface area (Å²) in [5, 5.41) is 8.21. The second kappa shape index (κ2) is 3.66. The van der Waals surface area contributed by atoms with Crippen molar-refractivity contribution in [3.63, 3.8) is 0 Å². The van der Waals surface area contributed by atoms with E-state index in [0.717, 1.165) is 0 Å². The lowest BCUT2D eigenvalue weighted by atomic mass is 10.4. The third-order valence-corrected chi connectivity index (χ3v) is 1.29. The van der Waals surface area contributed by atoms with Gasteiger partial charge < -0.3 is 5.11 Å². The van der Waals surface area contributed by atoms with Crippen LogP contribution in [-0.4, -0.2) is 15.9 Å². The van der Waals surface area contributed by atoms with E-state index >= 15 is 0 Å². The van der Waals surface area contributed by atoms with Crippen molar-refractivity contribution in [2.24, 2.45) is 0 Å². The summed E-state index contributed by atoms with van der Waals surface area (Å²) in [6.45, 7) is 1.78. The normalized spacial score (nSPS) is 14.2. The van der Waals surface area contributed by atoms with Crippen molar-refractivity contribution >= 4 is 21.9 Å². The lowest BCUT2D eigenvalue weighted by Gasteiger charge is -1.91. The molecule has 0 spiro atoms. The van der Waals surface area contributed by atoms with Gasteiger partial charge in [0.2, 0.25) is 0 Å². The van der Waals surface area contributed by atoms with Crippen molar-refractivity contribution in [3.05, 3.63) is 12.2 Å². The zero-order chi connectivity index (χ0) is 6.57. The lowest BCUT2D eigenvalue weighted by Crippen LogP contribution is -2.08. The van der Waals surface area contributed by atoms with Crippen molar-refractivity contribution in [2.75, 3.05) is 0 Å². The maximum Gasteiger partial charge on any atom is 0.321 e. The van der Waals surface area contributed by atoms with E-state index in [9.17, 15) is 4.79 Å². The summed E-state index contributed by atoms with van der Waals surface area (Å²) in [7, 11) is 0. The average molecular weight is 179 g/mol. The van der Waals surface area contributed by atoms with E-state index in [4.69, 9.17) is 5.11 Å². The van der Waals surface area contributed by atoms with Gasteiger partial charge in [-0.1, -0.05) is 28.1 Å². The molecule has 0 aliphatic carbocycles. The van der Waals surface area contributed by atoms with Crippen molar-refractivity contribution in [1.29, 1.82) is 0 Å². The Morgan fingerprint density at radius 1 is 1.88 bits per heavy atom. The molecule has 2 nitrogen and oxygen atoms in total. The topological polar surface area (TPSA) is 37.3 Å². The van der Waals surface area contributed by atoms with Crippen LogP contribution < -0.4 is 0 Å². The van der Waals surface area contributed by atoms with Crippen LogP contribution in [0.5, 0.6) is 0 Å².